The van der Waals surface area contributed by atoms with E-state index in [1.807, 2.05) is 0 Å². The average molecular weight is 339 g/mol. The molecule has 2 N–H and O–H groups in total. The van der Waals surface area contributed by atoms with Crippen LogP contribution in [0.2, 0.25) is 10.0 Å². The number of aryl methyl sites for hydroxylation is 2. The second-order valence-electron chi connectivity index (χ2n) is 4.72. The Kier molecular flexibility index (Phi) is 3.69. The van der Waals surface area contributed by atoms with Gasteiger partial charge in [-0.2, -0.15) is 0 Å². The van der Waals surface area contributed by atoms with Crippen molar-refractivity contribution >= 4 is 40.4 Å². The highest BCUT2D eigenvalue weighted by molar-refractivity contribution is 7.15. The van der Waals surface area contributed by atoms with Crippen molar-refractivity contribution in [3.05, 3.63) is 44.8 Å². The van der Waals surface area contributed by atoms with Gasteiger partial charge < -0.3 is 10.3 Å². The van der Waals surface area contributed by atoms with Gasteiger partial charge in [0.25, 0.3) is 0 Å². The molecule has 0 aliphatic carbocycles. The third-order valence-electron chi connectivity index (χ3n) is 3.33. The molecule has 3 aromatic rings. The van der Waals surface area contributed by atoms with Crippen LogP contribution in [-0.4, -0.2) is 5.16 Å². The SMILES string of the molecule is Cc1cc(-c2noc(N)c2-c2c(Cl)cccc2Cl)sc1C. The van der Waals surface area contributed by atoms with Crippen LogP contribution in [0.25, 0.3) is 21.7 Å². The molecular weight excluding hydrogens is 327 g/mol. The number of anilines is 1. The molecule has 3 nitrogen and oxygen atoms in total. The van der Waals surface area contributed by atoms with E-state index < -0.39 is 0 Å². The first-order chi connectivity index (χ1) is 9.99. The second kappa shape index (κ2) is 5.37. The normalized spacial score (nSPS) is 11.0. The fourth-order valence-electron chi connectivity index (χ4n) is 2.14. The van der Waals surface area contributed by atoms with E-state index in [9.17, 15) is 0 Å². The zero-order valence-electron chi connectivity index (χ0n) is 11.4. The van der Waals surface area contributed by atoms with E-state index in [0.29, 0.717) is 26.9 Å². The number of rotatable bonds is 2. The number of benzene rings is 1. The Labute approximate surface area is 136 Å². The van der Waals surface area contributed by atoms with Crippen LogP contribution in [0.4, 0.5) is 5.88 Å². The quantitative estimate of drug-likeness (QED) is 0.663. The summed E-state index contributed by atoms with van der Waals surface area (Å²) in [4.78, 5) is 2.21. The third-order valence-corrected chi connectivity index (χ3v) is 5.12. The molecule has 108 valence electrons. The van der Waals surface area contributed by atoms with E-state index >= 15 is 0 Å². The highest BCUT2D eigenvalue weighted by atomic mass is 35.5. The Morgan fingerprint density at radius 1 is 1.14 bits per heavy atom. The smallest absolute Gasteiger partial charge is 0.230 e. The molecule has 2 heterocycles. The fourth-order valence-corrected chi connectivity index (χ4v) is 3.75. The molecule has 0 spiro atoms. The maximum atomic E-state index is 6.28. The fraction of sp³-hybridized carbons (Fsp3) is 0.133. The van der Waals surface area contributed by atoms with Crippen LogP contribution >= 0.6 is 34.5 Å². The topological polar surface area (TPSA) is 52.0 Å². The monoisotopic (exact) mass is 338 g/mol. The van der Waals surface area contributed by atoms with Crippen molar-refractivity contribution < 1.29 is 4.52 Å². The molecule has 0 aliphatic heterocycles. The number of halogens is 2. The van der Waals surface area contributed by atoms with Gasteiger partial charge in [-0.15, -0.1) is 11.3 Å². The summed E-state index contributed by atoms with van der Waals surface area (Å²) < 4.78 is 5.18. The van der Waals surface area contributed by atoms with Gasteiger partial charge in [-0.05, 0) is 37.6 Å². The van der Waals surface area contributed by atoms with E-state index in [0.717, 1.165) is 4.88 Å². The first-order valence-corrected chi connectivity index (χ1v) is 7.83. The summed E-state index contributed by atoms with van der Waals surface area (Å²) in [5.74, 6) is 0.212. The minimum atomic E-state index is 0.212. The molecular formula is C15H12Cl2N2OS. The van der Waals surface area contributed by atoms with Crippen molar-refractivity contribution in [1.82, 2.24) is 5.16 Å². The maximum absolute atomic E-state index is 6.28. The molecule has 1 aromatic carbocycles. The lowest BCUT2D eigenvalue weighted by Gasteiger charge is -2.06. The second-order valence-corrected chi connectivity index (χ2v) is 6.79. The Morgan fingerprint density at radius 3 is 2.38 bits per heavy atom. The summed E-state index contributed by atoms with van der Waals surface area (Å²) in [6.07, 6.45) is 0. The maximum Gasteiger partial charge on any atom is 0.230 e. The number of thiophene rings is 1. The van der Waals surface area contributed by atoms with Gasteiger partial charge >= 0.3 is 0 Å². The van der Waals surface area contributed by atoms with Crippen molar-refractivity contribution in [2.75, 3.05) is 5.73 Å². The van der Waals surface area contributed by atoms with Crippen LogP contribution in [0, 0.1) is 13.8 Å². The Hall–Kier alpha value is -1.49. The van der Waals surface area contributed by atoms with Crippen LogP contribution in [-0.2, 0) is 0 Å². The molecule has 3 rings (SSSR count). The van der Waals surface area contributed by atoms with Gasteiger partial charge in [0.2, 0.25) is 5.88 Å². The summed E-state index contributed by atoms with van der Waals surface area (Å²) in [7, 11) is 0. The highest BCUT2D eigenvalue weighted by Gasteiger charge is 2.23. The molecule has 6 heteroatoms. The van der Waals surface area contributed by atoms with Gasteiger partial charge in [0, 0.05) is 10.4 Å². The lowest BCUT2D eigenvalue weighted by molar-refractivity contribution is 0.439. The van der Waals surface area contributed by atoms with E-state index in [-0.39, 0.29) is 5.88 Å². The number of nitrogen functional groups attached to an aromatic ring is 1. The summed E-state index contributed by atoms with van der Waals surface area (Å²) >= 11 is 14.2. The molecule has 0 aliphatic rings. The minimum absolute atomic E-state index is 0.212. The predicted octanol–water partition coefficient (Wildman–Crippen LogP) is 5.58. The number of nitrogens with two attached hydrogens (primary N) is 1. The molecule has 0 amide bonds. The average Bonchev–Trinajstić information content (AvgIpc) is 2.94. The molecule has 0 saturated carbocycles. The van der Waals surface area contributed by atoms with E-state index in [2.05, 4.69) is 25.1 Å². The Bertz CT molecular complexity index is 783. The number of hydrogen-bond acceptors (Lipinski definition) is 4. The van der Waals surface area contributed by atoms with E-state index in [4.69, 9.17) is 33.5 Å². The van der Waals surface area contributed by atoms with Crippen molar-refractivity contribution in [2.45, 2.75) is 13.8 Å². The predicted molar refractivity (Wildman–Crippen MR) is 89.2 cm³/mol. The van der Waals surface area contributed by atoms with Crippen molar-refractivity contribution in [2.24, 2.45) is 0 Å². The third kappa shape index (κ3) is 2.44. The lowest BCUT2D eigenvalue weighted by atomic mass is 10.0. The molecule has 2 aromatic heterocycles. The largest absolute Gasteiger partial charge is 0.367 e. The van der Waals surface area contributed by atoms with Gasteiger partial charge in [-0.1, -0.05) is 34.4 Å². The molecule has 21 heavy (non-hydrogen) atoms. The highest BCUT2D eigenvalue weighted by Crippen LogP contribution is 2.45. The van der Waals surface area contributed by atoms with E-state index in [1.165, 1.54) is 10.4 Å². The minimum Gasteiger partial charge on any atom is -0.367 e. The van der Waals surface area contributed by atoms with Gasteiger partial charge in [-0.3, -0.25) is 0 Å². The molecule has 0 radical (unpaired) electrons. The van der Waals surface area contributed by atoms with Crippen LogP contribution in [0.15, 0.2) is 28.8 Å². The van der Waals surface area contributed by atoms with Crippen molar-refractivity contribution in [1.29, 1.82) is 0 Å². The van der Waals surface area contributed by atoms with Crippen LogP contribution in [0.3, 0.4) is 0 Å². The van der Waals surface area contributed by atoms with Gasteiger partial charge in [0.05, 0.1) is 20.5 Å². The molecule has 0 unspecified atom stereocenters. The molecule has 0 saturated heterocycles. The van der Waals surface area contributed by atoms with Gasteiger partial charge in [0.1, 0.15) is 5.69 Å². The number of aromatic nitrogens is 1. The van der Waals surface area contributed by atoms with Crippen LogP contribution in [0.5, 0.6) is 0 Å². The Morgan fingerprint density at radius 2 is 1.81 bits per heavy atom. The van der Waals surface area contributed by atoms with Gasteiger partial charge in [0.15, 0.2) is 0 Å². The summed E-state index contributed by atoms with van der Waals surface area (Å²) in [6, 6.07) is 7.39. The summed E-state index contributed by atoms with van der Waals surface area (Å²) in [5.41, 5.74) is 9.12. The van der Waals surface area contributed by atoms with Crippen LogP contribution in [0.1, 0.15) is 10.4 Å². The lowest BCUT2D eigenvalue weighted by Crippen LogP contribution is -1.89. The number of nitrogens with zero attached hydrogens (tertiary/aromatic N) is 1. The number of hydrogen-bond donors (Lipinski definition) is 1. The van der Waals surface area contributed by atoms with Gasteiger partial charge in [-0.25, -0.2) is 0 Å². The first-order valence-electron chi connectivity index (χ1n) is 6.26. The van der Waals surface area contributed by atoms with Crippen LogP contribution < -0.4 is 5.73 Å². The standard InChI is InChI=1S/C15H12Cl2N2OS/c1-7-6-11(21-8(7)2)14-13(15(18)20-19-14)12-9(16)4-3-5-10(12)17/h3-6H,18H2,1-2H3. The molecule has 0 fully saturated rings. The zero-order chi connectivity index (χ0) is 15.1. The first kappa shape index (κ1) is 14.4. The van der Waals surface area contributed by atoms with E-state index in [1.54, 1.807) is 29.5 Å². The summed E-state index contributed by atoms with van der Waals surface area (Å²) in [5, 5.41) is 5.13. The van der Waals surface area contributed by atoms with Crippen molar-refractivity contribution in [3.8, 4) is 21.7 Å². The molecule has 0 bridgehead atoms. The Balaban J connectivity index is 2.27. The molecule has 0 atom stereocenters. The summed E-state index contributed by atoms with van der Waals surface area (Å²) in [6.45, 7) is 4.12. The zero-order valence-corrected chi connectivity index (χ0v) is 13.7. The van der Waals surface area contributed by atoms with Crippen molar-refractivity contribution in [3.63, 3.8) is 0 Å².